The Morgan fingerprint density at radius 3 is 2.59 bits per heavy atom. The number of hydrogen-bond donors (Lipinski definition) is 2. The number of fused-ring (bicyclic) bond motifs is 1. The number of hydrogen-bond acceptors (Lipinski definition) is 8. The van der Waals surface area contributed by atoms with E-state index in [1.807, 2.05) is 0 Å². The van der Waals surface area contributed by atoms with Crippen LogP contribution in [-0.2, 0) is 25.5 Å². The minimum Gasteiger partial charge on any atom is -0.507 e. The van der Waals surface area contributed by atoms with Gasteiger partial charge in [-0.05, 0) is 36.8 Å². The lowest BCUT2D eigenvalue weighted by Crippen LogP contribution is -2.16. The number of esters is 2. The fraction of sp³-hybridized carbons (Fsp3) is 0.217. The maximum Gasteiger partial charge on any atom is 0.338 e. The number of nitrogens with zero attached hydrogens (tertiary/aromatic N) is 3. The van der Waals surface area contributed by atoms with Crippen molar-refractivity contribution in [2.75, 3.05) is 20.3 Å². The van der Waals surface area contributed by atoms with E-state index in [1.54, 1.807) is 43.3 Å². The monoisotopic (exact) mass is 437 g/mol. The van der Waals surface area contributed by atoms with Crippen LogP contribution in [0.1, 0.15) is 18.1 Å². The first-order valence-electron chi connectivity index (χ1n) is 9.75. The molecule has 0 aliphatic heterocycles. The highest BCUT2D eigenvalue weighted by atomic mass is 16.5. The van der Waals surface area contributed by atoms with E-state index in [1.165, 1.54) is 17.9 Å². The Morgan fingerprint density at radius 2 is 1.91 bits per heavy atom. The number of phenols is 1. The summed E-state index contributed by atoms with van der Waals surface area (Å²) < 4.78 is 11.3. The van der Waals surface area contributed by atoms with Crippen LogP contribution < -0.4 is 0 Å². The SMILES string of the molecule is C=C(C)C(=O)OCCc1ccc(O)c(C(=C(CO)C(=O)OC)n2nnc3ccccc32)c1. The van der Waals surface area contributed by atoms with E-state index in [0.717, 1.165) is 5.56 Å². The van der Waals surface area contributed by atoms with Crippen molar-refractivity contribution >= 4 is 28.7 Å². The Balaban J connectivity index is 2.11. The first-order chi connectivity index (χ1) is 15.4. The third-order valence-corrected chi connectivity index (χ3v) is 4.73. The zero-order chi connectivity index (χ0) is 23.3. The van der Waals surface area contributed by atoms with Gasteiger partial charge in [-0.15, -0.1) is 5.10 Å². The van der Waals surface area contributed by atoms with Gasteiger partial charge in [0.15, 0.2) is 0 Å². The van der Waals surface area contributed by atoms with Crippen LogP contribution in [0.5, 0.6) is 5.75 Å². The number of aromatic hydroxyl groups is 1. The molecule has 0 aliphatic rings. The molecule has 1 heterocycles. The number of phenolic OH excluding ortho intramolecular Hbond substituents is 1. The molecule has 0 aliphatic carbocycles. The van der Waals surface area contributed by atoms with Crippen LogP contribution in [-0.4, -0.2) is 57.5 Å². The lowest BCUT2D eigenvalue weighted by Gasteiger charge is -2.16. The second-order valence-electron chi connectivity index (χ2n) is 6.98. The van der Waals surface area contributed by atoms with E-state index in [-0.39, 0.29) is 29.2 Å². The Labute approximate surface area is 184 Å². The van der Waals surface area contributed by atoms with E-state index in [9.17, 15) is 19.8 Å². The Hall–Kier alpha value is -3.98. The molecule has 32 heavy (non-hydrogen) atoms. The largest absolute Gasteiger partial charge is 0.507 e. The van der Waals surface area contributed by atoms with Crippen molar-refractivity contribution in [2.45, 2.75) is 13.3 Å². The summed E-state index contributed by atoms with van der Waals surface area (Å²) in [6, 6.07) is 11.8. The van der Waals surface area contributed by atoms with Gasteiger partial charge in [0.1, 0.15) is 11.3 Å². The number of benzene rings is 2. The topological polar surface area (TPSA) is 124 Å². The fourth-order valence-electron chi connectivity index (χ4n) is 3.11. The van der Waals surface area contributed by atoms with E-state index >= 15 is 0 Å². The zero-order valence-corrected chi connectivity index (χ0v) is 17.7. The highest BCUT2D eigenvalue weighted by Gasteiger charge is 2.24. The minimum absolute atomic E-state index is 0.102. The van der Waals surface area contributed by atoms with Crippen LogP contribution in [0.2, 0.25) is 0 Å². The molecule has 2 N–H and O–H groups in total. The molecule has 166 valence electrons. The molecule has 0 atom stereocenters. The lowest BCUT2D eigenvalue weighted by atomic mass is 10.0. The van der Waals surface area contributed by atoms with Gasteiger partial charge in [0.05, 0.1) is 37.1 Å². The third kappa shape index (κ3) is 4.68. The van der Waals surface area contributed by atoms with E-state index < -0.39 is 18.5 Å². The fourth-order valence-corrected chi connectivity index (χ4v) is 3.11. The average Bonchev–Trinajstić information content (AvgIpc) is 3.21. The van der Waals surface area contributed by atoms with Crippen LogP contribution in [0.4, 0.5) is 0 Å². The normalized spacial score (nSPS) is 11.7. The summed E-state index contributed by atoms with van der Waals surface area (Å²) in [6.45, 7) is 4.54. The molecule has 0 amide bonds. The molecule has 0 saturated heterocycles. The average molecular weight is 437 g/mol. The summed E-state index contributed by atoms with van der Waals surface area (Å²) in [5, 5.41) is 28.8. The van der Waals surface area contributed by atoms with Gasteiger partial charge in [0.2, 0.25) is 0 Å². The summed E-state index contributed by atoms with van der Waals surface area (Å²) in [7, 11) is 1.20. The smallest absolute Gasteiger partial charge is 0.338 e. The Kier molecular flexibility index (Phi) is 7.01. The molecular formula is C23H23N3O6. The highest BCUT2D eigenvalue weighted by molar-refractivity contribution is 6.00. The number of aliphatic hydroxyl groups excluding tert-OH is 1. The van der Waals surface area contributed by atoms with Crippen molar-refractivity contribution < 1.29 is 29.3 Å². The number of aromatic nitrogens is 3. The van der Waals surface area contributed by atoms with Gasteiger partial charge in [0, 0.05) is 17.6 Å². The highest BCUT2D eigenvalue weighted by Crippen LogP contribution is 2.32. The van der Waals surface area contributed by atoms with Gasteiger partial charge in [0.25, 0.3) is 0 Å². The second kappa shape index (κ2) is 9.88. The number of carbonyl (C=O) groups excluding carboxylic acids is 2. The standard InChI is InChI=1S/C23H23N3O6/c1-14(2)22(29)32-11-10-15-8-9-20(28)16(12-15)21(17(13-27)23(30)31-3)26-19-7-5-4-6-18(19)24-25-26/h4-9,12,27-28H,1,10-11,13H2,2-3H3. The van der Waals surface area contributed by atoms with Crippen LogP contribution >= 0.6 is 0 Å². The summed E-state index contributed by atoms with van der Waals surface area (Å²) in [4.78, 5) is 24.1. The summed E-state index contributed by atoms with van der Waals surface area (Å²) in [5.74, 6) is -1.41. The number of aliphatic hydroxyl groups is 1. The summed E-state index contributed by atoms with van der Waals surface area (Å²) in [6.07, 6.45) is 0.352. The van der Waals surface area contributed by atoms with Crippen LogP contribution in [0.25, 0.3) is 16.7 Å². The molecule has 0 bridgehead atoms. The van der Waals surface area contributed by atoms with Gasteiger partial charge in [-0.25, -0.2) is 14.3 Å². The lowest BCUT2D eigenvalue weighted by molar-refractivity contribution is -0.139. The van der Waals surface area contributed by atoms with Gasteiger partial charge in [-0.2, -0.15) is 0 Å². The van der Waals surface area contributed by atoms with Gasteiger partial charge in [-0.3, -0.25) is 0 Å². The molecule has 0 spiro atoms. The minimum atomic E-state index is -0.776. The molecule has 1 aromatic heterocycles. The molecule has 3 rings (SSSR count). The molecule has 0 radical (unpaired) electrons. The number of carbonyl (C=O) groups is 2. The van der Waals surface area contributed by atoms with Crippen LogP contribution in [0.15, 0.2) is 60.2 Å². The molecule has 0 saturated carbocycles. The maximum absolute atomic E-state index is 12.4. The Bertz CT molecular complexity index is 1210. The van der Waals surface area contributed by atoms with Crippen LogP contribution in [0.3, 0.4) is 0 Å². The first kappa shape index (κ1) is 22.7. The summed E-state index contributed by atoms with van der Waals surface area (Å²) in [5.41, 5.74) is 2.41. The van der Waals surface area contributed by atoms with Crippen molar-refractivity contribution in [3.05, 3.63) is 71.3 Å². The number of methoxy groups -OCH3 is 1. The van der Waals surface area contributed by atoms with Crippen molar-refractivity contribution in [3.8, 4) is 5.75 Å². The molecule has 0 fully saturated rings. The maximum atomic E-state index is 12.4. The molecular weight excluding hydrogens is 414 g/mol. The Morgan fingerprint density at radius 1 is 1.16 bits per heavy atom. The second-order valence-corrected chi connectivity index (χ2v) is 6.98. The van der Waals surface area contributed by atoms with Crippen molar-refractivity contribution in [1.29, 1.82) is 0 Å². The predicted octanol–water partition coefficient (Wildman–Crippen LogP) is 2.22. The molecule has 3 aromatic rings. The molecule has 9 nitrogen and oxygen atoms in total. The van der Waals surface area contributed by atoms with Gasteiger partial charge < -0.3 is 19.7 Å². The van der Waals surface area contributed by atoms with Crippen molar-refractivity contribution in [2.24, 2.45) is 0 Å². The number of ether oxygens (including phenoxy) is 2. The van der Waals surface area contributed by atoms with Gasteiger partial charge >= 0.3 is 11.9 Å². The van der Waals surface area contributed by atoms with E-state index in [2.05, 4.69) is 16.9 Å². The quantitative estimate of drug-likeness (QED) is 0.406. The predicted molar refractivity (Wildman–Crippen MR) is 117 cm³/mol. The van der Waals surface area contributed by atoms with Crippen molar-refractivity contribution in [1.82, 2.24) is 15.0 Å². The zero-order valence-electron chi connectivity index (χ0n) is 17.7. The molecule has 9 heteroatoms. The third-order valence-electron chi connectivity index (χ3n) is 4.73. The first-order valence-corrected chi connectivity index (χ1v) is 9.75. The van der Waals surface area contributed by atoms with E-state index in [4.69, 9.17) is 9.47 Å². The van der Waals surface area contributed by atoms with Crippen molar-refractivity contribution in [3.63, 3.8) is 0 Å². The number of rotatable bonds is 8. The number of para-hydroxylation sites is 1. The van der Waals surface area contributed by atoms with E-state index in [0.29, 0.717) is 23.0 Å². The summed E-state index contributed by atoms with van der Waals surface area (Å²) >= 11 is 0. The van der Waals surface area contributed by atoms with Gasteiger partial charge in [-0.1, -0.05) is 30.0 Å². The molecule has 0 unspecified atom stereocenters. The van der Waals surface area contributed by atoms with Crippen LogP contribution in [0, 0.1) is 0 Å². The molecule has 2 aromatic carbocycles.